The molecule has 1 rings (SSSR count). The van der Waals surface area contributed by atoms with Gasteiger partial charge in [0.25, 0.3) is 0 Å². The van der Waals surface area contributed by atoms with Crippen LogP contribution in [0.1, 0.15) is 53.4 Å². The molecule has 0 atom stereocenters. The molecule has 1 aliphatic rings. The number of allylic oxidation sites excluding steroid dienone is 2. The Kier molecular flexibility index (Phi) is 6.17. The summed E-state index contributed by atoms with van der Waals surface area (Å²) in [4.78, 5) is 11.7. The van der Waals surface area contributed by atoms with Crippen LogP contribution < -0.4 is 5.32 Å². The molecule has 0 radical (unpaired) electrons. The second-order valence-corrected chi connectivity index (χ2v) is 6.04. The second kappa shape index (κ2) is 7.40. The maximum absolute atomic E-state index is 11.7. The quantitative estimate of drug-likeness (QED) is 0.761. The fourth-order valence-corrected chi connectivity index (χ4v) is 2.31. The van der Waals surface area contributed by atoms with E-state index in [0.29, 0.717) is 24.8 Å². The third-order valence-corrected chi connectivity index (χ3v) is 3.11. The zero-order chi connectivity index (χ0) is 13.5. The molecule has 0 fully saturated rings. The van der Waals surface area contributed by atoms with E-state index in [2.05, 4.69) is 45.2 Å². The lowest BCUT2D eigenvalue weighted by Gasteiger charge is -2.18. The smallest absolute Gasteiger partial charge is 0.220 e. The van der Waals surface area contributed by atoms with E-state index in [0.717, 1.165) is 19.3 Å². The number of rotatable bonds is 6. The summed E-state index contributed by atoms with van der Waals surface area (Å²) in [6.07, 6.45) is 8.48. The van der Waals surface area contributed by atoms with E-state index in [-0.39, 0.29) is 5.91 Å². The Labute approximate surface area is 112 Å². The highest BCUT2D eigenvalue weighted by Crippen LogP contribution is 2.24. The Balaban J connectivity index is 2.53. The third kappa shape index (κ3) is 5.52. The van der Waals surface area contributed by atoms with Crippen molar-refractivity contribution in [2.24, 2.45) is 11.8 Å². The van der Waals surface area contributed by atoms with Crippen LogP contribution in [-0.4, -0.2) is 12.5 Å². The highest BCUT2D eigenvalue weighted by molar-refractivity contribution is 5.76. The lowest BCUT2D eigenvalue weighted by molar-refractivity contribution is -0.121. The summed E-state index contributed by atoms with van der Waals surface area (Å²) >= 11 is 0. The van der Waals surface area contributed by atoms with Gasteiger partial charge in [-0.3, -0.25) is 4.79 Å². The molecule has 0 unspecified atom stereocenters. The van der Waals surface area contributed by atoms with Gasteiger partial charge in [-0.1, -0.05) is 45.4 Å². The predicted octanol–water partition coefficient (Wildman–Crippen LogP) is 3.84. The summed E-state index contributed by atoms with van der Waals surface area (Å²) in [6.45, 7) is 9.35. The normalized spacial score (nSPS) is 15.7. The largest absolute Gasteiger partial charge is 0.352 e. The second-order valence-electron chi connectivity index (χ2n) is 6.04. The van der Waals surface area contributed by atoms with Crippen LogP contribution in [0.25, 0.3) is 0 Å². The van der Waals surface area contributed by atoms with Crippen LogP contribution in [0.2, 0.25) is 0 Å². The van der Waals surface area contributed by atoms with Crippen LogP contribution in [0.5, 0.6) is 0 Å². The number of carbonyl (C=O) groups excluding carboxylic acids is 1. The number of hydrogen-bond donors (Lipinski definition) is 1. The van der Waals surface area contributed by atoms with Crippen LogP contribution in [0.15, 0.2) is 23.3 Å². The topological polar surface area (TPSA) is 29.1 Å². The van der Waals surface area contributed by atoms with E-state index in [1.54, 1.807) is 0 Å². The van der Waals surface area contributed by atoms with Crippen molar-refractivity contribution in [3.8, 4) is 0 Å². The molecule has 0 aliphatic heterocycles. The average Bonchev–Trinajstić information content (AvgIpc) is 2.26. The molecule has 0 aromatic carbocycles. The van der Waals surface area contributed by atoms with Gasteiger partial charge in [-0.15, -0.1) is 0 Å². The van der Waals surface area contributed by atoms with Gasteiger partial charge in [0.15, 0.2) is 0 Å². The Hall–Kier alpha value is -1.05. The van der Waals surface area contributed by atoms with Crippen molar-refractivity contribution in [1.29, 1.82) is 0 Å². The summed E-state index contributed by atoms with van der Waals surface area (Å²) in [7, 11) is 0. The van der Waals surface area contributed by atoms with Gasteiger partial charge in [-0.25, -0.2) is 0 Å². The van der Waals surface area contributed by atoms with Crippen molar-refractivity contribution < 1.29 is 4.79 Å². The van der Waals surface area contributed by atoms with Crippen molar-refractivity contribution in [3.05, 3.63) is 23.3 Å². The molecule has 0 spiro atoms. The molecule has 2 heteroatoms. The van der Waals surface area contributed by atoms with Crippen LogP contribution >= 0.6 is 0 Å². The zero-order valence-electron chi connectivity index (χ0n) is 12.3. The highest BCUT2D eigenvalue weighted by Gasteiger charge is 2.11. The van der Waals surface area contributed by atoms with E-state index >= 15 is 0 Å². The fourth-order valence-electron chi connectivity index (χ4n) is 2.31. The molecule has 1 aliphatic carbocycles. The maximum atomic E-state index is 11.7. The minimum Gasteiger partial charge on any atom is -0.352 e. The monoisotopic (exact) mass is 249 g/mol. The molecule has 0 saturated carbocycles. The van der Waals surface area contributed by atoms with Crippen LogP contribution in [0, 0.1) is 11.8 Å². The number of hydrogen-bond acceptors (Lipinski definition) is 1. The van der Waals surface area contributed by atoms with Crippen LogP contribution in [0.3, 0.4) is 0 Å². The van der Waals surface area contributed by atoms with E-state index in [1.807, 2.05) is 0 Å². The summed E-state index contributed by atoms with van der Waals surface area (Å²) in [5, 5.41) is 3.04. The van der Waals surface area contributed by atoms with E-state index < -0.39 is 0 Å². The Morgan fingerprint density at radius 2 is 2.00 bits per heavy atom. The molecule has 18 heavy (non-hydrogen) atoms. The first-order chi connectivity index (χ1) is 8.49. The summed E-state index contributed by atoms with van der Waals surface area (Å²) in [5.41, 5.74) is 2.85. The molecular formula is C16H27NO. The summed E-state index contributed by atoms with van der Waals surface area (Å²) in [6, 6.07) is 0. The fraction of sp³-hybridized carbons (Fsp3) is 0.688. The van der Waals surface area contributed by atoms with E-state index in [9.17, 15) is 4.79 Å². The number of nitrogens with one attached hydrogen (secondary N) is 1. The maximum Gasteiger partial charge on any atom is 0.220 e. The van der Waals surface area contributed by atoms with Crippen molar-refractivity contribution >= 4 is 5.91 Å². The molecule has 0 aromatic rings. The molecule has 0 aromatic heterocycles. The molecule has 1 N–H and O–H groups in total. The molecule has 0 saturated heterocycles. The molecular weight excluding hydrogens is 222 g/mol. The Morgan fingerprint density at radius 1 is 1.28 bits per heavy atom. The lowest BCUT2D eigenvalue weighted by Crippen LogP contribution is -2.27. The van der Waals surface area contributed by atoms with E-state index in [4.69, 9.17) is 0 Å². The van der Waals surface area contributed by atoms with Crippen molar-refractivity contribution in [2.75, 3.05) is 6.54 Å². The average molecular weight is 249 g/mol. The highest BCUT2D eigenvalue weighted by atomic mass is 16.1. The first kappa shape index (κ1) is 15.0. The first-order valence-electron chi connectivity index (χ1n) is 7.13. The van der Waals surface area contributed by atoms with Gasteiger partial charge in [-0.05, 0) is 36.7 Å². The van der Waals surface area contributed by atoms with Gasteiger partial charge < -0.3 is 5.32 Å². The molecule has 0 heterocycles. The zero-order valence-corrected chi connectivity index (χ0v) is 12.3. The van der Waals surface area contributed by atoms with Gasteiger partial charge in [0, 0.05) is 13.0 Å². The van der Waals surface area contributed by atoms with Crippen LogP contribution in [-0.2, 0) is 4.79 Å². The first-order valence-corrected chi connectivity index (χ1v) is 7.13. The van der Waals surface area contributed by atoms with Crippen molar-refractivity contribution in [3.63, 3.8) is 0 Å². The molecule has 1 amide bonds. The predicted molar refractivity (Wildman–Crippen MR) is 77.3 cm³/mol. The Morgan fingerprint density at radius 3 is 2.61 bits per heavy atom. The summed E-state index contributed by atoms with van der Waals surface area (Å²) < 4.78 is 0. The summed E-state index contributed by atoms with van der Waals surface area (Å²) in [5.74, 6) is 1.28. The molecule has 0 bridgehead atoms. The minimum atomic E-state index is 0.167. The molecule has 2 nitrogen and oxygen atoms in total. The van der Waals surface area contributed by atoms with Gasteiger partial charge in [0.2, 0.25) is 5.91 Å². The van der Waals surface area contributed by atoms with E-state index in [1.165, 1.54) is 11.1 Å². The van der Waals surface area contributed by atoms with Gasteiger partial charge >= 0.3 is 0 Å². The lowest BCUT2D eigenvalue weighted by atomic mass is 9.91. The van der Waals surface area contributed by atoms with Gasteiger partial charge in [-0.2, -0.15) is 0 Å². The van der Waals surface area contributed by atoms with Crippen LogP contribution in [0.4, 0.5) is 0 Å². The number of amides is 1. The van der Waals surface area contributed by atoms with Crippen molar-refractivity contribution in [1.82, 2.24) is 5.32 Å². The van der Waals surface area contributed by atoms with Crippen molar-refractivity contribution in [2.45, 2.75) is 53.4 Å². The minimum absolute atomic E-state index is 0.167. The SMILES string of the molecule is CC(C)CC(=O)NCC1=C(CC(C)C)CCC=C1. The Bertz CT molecular complexity index is 337. The number of carbonyl (C=O) groups is 1. The standard InChI is InChI=1S/C16H27NO/c1-12(2)9-14-7-5-6-8-15(14)11-17-16(18)10-13(3)4/h6,8,12-13H,5,7,9-11H2,1-4H3,(H,17,18). The van der Waals surface area contributed by atoms with Gasteiger partial charge in [0.1, 0.15) is 0 Å². The molecule has 102 valence electrons. The van der Waals surface area contributed by atoms with Gasteiger partial charge in [0.05, 0.1) is 0 Å². The third-order valence-electron chi connectivity index (χ3n) is 3.11.